The molecule has 1 aliphatic rings. The van der Waals surface area contributed by atoms with Crippen molar-refractivity contribution in [3.63, 3.8) is 0 Å². The van der Waals surface area contributed by atoms with Gasteiger partial charge in [0.1, 0.15) is 11.5 Å². The van der Waals surface area contributed by atoms with Crippen LogP contribution in [0.4, 0.5) is 0 Å². The minimum absolute atomic E-state index is 0.0531. The summed E-state index contributed by atoms with van der Waals surface area (Å²) in [5.74, 6) is 0.304. The minimum atomic E-state index is -0.0531. The van der Waals surface area contributed by atoms with Crippen molar-refractivity contribution >= 4 is 0 Å². The first-order valence-electron chi connectivity index (χ1n) is 6.53. The van der Waals surface area contributed by atoms with Gasteiger partial charge in [-0.05, 0) is 45.5 Å². The van der Waals surface area contributed by atoms with Gasteiger partial charge in [-0.3, -0.25) is 0 Å². The molecule has 0 radical (unpaired) electrons. The lowest BCUT2D eigenvalue weighted by Crippen LogP contribution is -2.44. The van der Waals surface area contributed by atoms with Gasteiger partial charge < -0.3 is 20.4 Å². The average molecular weight is 250 g/mol. The Bertz CT molecular complexity index is 389. The van der Waals surface area contributed by atoms with E-state index in [2.05, 4.69) is 17.3 Å². The molecule has 3 N–H and O–H groups in total. The van der Waals surface area contributed by atoms with Gasteiger partial charge in [-0.1, -0.05) is 6.07 Å². The van der Waals surface area contributed by atoms with E-state index in [0.29, 0.717) is 11.6 Å². The fourth-order valence-corrected chi connectivity index (χ4v) is 2.72. The van der Waals surface area contributed by atoms with Gasteiger partial charge in [0.15, 0.2) is 0 Å². The summed E-state index contributed by atoms with van der Waals surface area (Å²) in [5, 5.41) is 23.2. The quantitative estimate of drug-likeness (QED) is 0.766. The normalized spacial score (nSPS) is 22.9. The Kier molecular flexibility index (Phi) is 4.09. The molecule has 0 spiro atoms. The predicted molar refractivity (Wildman–Crippen MR) is 71.8 cm³/mol. The van der Waals surface area contributed by atoms with Crippen LogP contribution in [-0.2, 0) is 0 Å². The van der Waals surface area contributed by atoms with Crippen LogP contribution in [0, 0.1) is 0 Å². The van der Waals surface area contributed by atoms with Crippen LogP contribution in [0.15, 0.2) is 18.2 Å². The largest absolute Gasteiger partial charge is 0.507 e. The first kappa shape index (κ1) is 13.2. The van der Waals surface area contributed by atoms with Gasteiger partial charge in [-0.2, -0.15) is 0 Å². The second-order valence-corrected chi connectivity index (χ2v) is 5.20. The fraction of sp³-hybridized carbons (Fsp3) is 0.571. The molecule has 2 atom stereocenters. The number of benzene rings is 1. The fourth-order valence-electron chi connectivity index (χ4n) is 2.72. The number of nitrogens with one attached hydrogen (secondary N) is 1. The van der Waals surface area contributed by atoms with Gasteiger partial charge in [0.25, 0.3) is 0 Å². The molecule has 1 saturated heterocycles. The van der Waals surface area contributed by atoms with Crippen molar-refractivity contribution < 1.29 is 10.2 Å². The average Bonchev–Trinajstić information content (AvgIpc) is 2.28. The molecule has 4 heteroatoms. The van der Waals surface area contributed by atoms with Gasteiger partial charge in [-0.25, -0.2) is 0 Å². The number of nitrogens with zero attached hydrogens (tertiary/aromatic N) is 1. The molecule has 1 fully saturated rings. The minimum Gasteiger partial charge on any atom is -0.507 e. The topological polar surface area (TPSA) is 55.7 Å². The maximum Gasteiger partial charge on any atom is 0.124 e. The van der Waals surface area contributed by atoms with E-state index in [9.17, 15) is 10.2 Å². The first-order chi connectivity index (χ1) is 8.58. The molecule has 18 heavy (non-hydrogen) atoms. The molecular formula is C14H22N2O2. The molecule has 1 aromatic carbocycles. The molecule has 0 bridgehead atoms. The molecule has 0 saturated carbocycles. The van der Waals surface area contributed by atoms with E-state index in [1.165, 1.54) is 6.42 Å². The van der Waals surface area contributed by atoms with Crippen LogP contribution in [0.3, 0.4) is 0 Å². The van der Waals surface area contributed by atoms with E-state index in [1.807, 2.05) is 6.92 Å². The molecule has 0 amide bonds. The number of hydrogen-bond donors (Lipinski definition) is 3. The monoisotopic (exact) mass is 250 g/mol. The number of hydrogen-bond acceptors (Lipinski definition) is 4. The van der Waals surface area contributed by atoms with E-state index < -0.39 is 0 Å². The second-order valence-electron chi connectivity index (χ2n) is 5.20. The number of likely N-dealkylation sites (tertiary alicyclic amines) is 1. The molecule has 2 unspecified atom stereocenters. The van der Waals surface area contributed by atoms with Gasteiger partial charge in [-0.15, -0.1) is 0 Å². The number of rotatable bonds is 3. The van der Waals surface area contributed by atoms with E-state index in [0.717, 1.165) is 19.5 Å². The smallest absolute Gasteiger partial charge is 0.124 e. The van der Waals surface area contributed by atoms with Crippen LogP contribution in [0.25, 0.3) is 0 Å². The summed E-state index contributed by atoms with van der Waals surface area (Å²) in [5.41, 5.74) is 0.589. The lowest BCUT2D eigenvalue weighted by molar-refractivity contribution is 0.217. The number of phenols is 2. The van der Waals surface area contributed by atoms with Crippen molar-refractivity contribution in [3.8, 4) is 11.5 Å². The van der Waals surface area contributed by atoms with Crippen molar-refractivity contribution in [1.82, 2.24) is 10.2 Å². The first-order valence-corrected chi connectivity index (χ1v) is 6.53. The Hall–Kier alpha value is -1.26. The Morgan fingerprint density at radius 2 is 2.00 bits per heavy atom. The highest BCUT2D eigenvalue weighted by atomic mass is 16.3. The van der Waals surface area contributed by atoms with Crippen molar-refractivity contribution in [1.29, 1.82) is 0 Å². The Labute approximate surface area is 108 Å². The van der Waals surface area contributed by atoms with Crippen molar-refractivity contribution in [2.75, 3.05) is 20.1 Å². The van der Waals surface area contributed by atoms with Crippen molar-refractivity contribution in [2.45, 2.75) is 31.8 Å². The molecule has 2 rings (SSSR count). The number of aromatic hydroxyl groups is 2. The van der Waals surface area contributed by atoms with Crippen LogP contribution in [0.1, 0.15) is 31.4 Å². The second kappa shape index (κ2) is 5.59. The highest BCUT2D eigenvalue weighted by Crippen LogP contribution is 2.32. The predicted octanol–water partition coefficient (Wildman–Crippen LogP) is 1.84. The van der Waals surface area contributed by atoms with Crippen LogP contribution >= 0.6 is 0 Å². The van der Waals surface area contributed by atoms with E-state index in [1.54, 1.807) is 18.2 Å². The molecule has 1 aliphatic heterocycles. The van der Waals surface area contributed by atoms with Gasteiger partial charge in [0.2, 0.25) is 0 Å². The molecule has 1 aromatic rings. The van der Waals surface area contributed by atoms with Crippen molar-refractivity contribution in [2.24, 2.45) is 0 Å². The van der Waals surface area contributed by atoms with Crippen LogP contribution < -0.4 is 5.32 Å². The molecule has 0 aromatic heterocycles. The Balaban J connectivity index is 2.05. The maximum absolute atomic E-state index is 9.83. The van der Waals surface area contributed by atoms with Gasteiger partial charge >= 0.3 is 0 Å². The van der Waals surface area contributed by atoms with E-state index in [4.69, 9.17) is 0 Å². The summed E-state index contributed by atoms with van der Waals surface area (Å²) in [4.78, 5) is 2.30. The molecule has 4 nitrogen and oxygen atoms in total. The van der Waals surface area contributed by atoms with E-state index in [-0.39, 0.29) is 17.5 Å². The Morgan fingerprint density at radius 3 is 2.61 bits per heavy atom. The van der Waals surface area contributed by atoms with Gasteiger partial charge in [0.05, 0.1) is 5.56 Å². The summed E-state index contributed by atoms with van der Waals surface area (Å²) in [7, 11) is 2.12. The summed E-state index contributed by atoms with van der Waals surface area (Å²) in [6, 6.07) is 5.23. The molecular weight excluding hydrogens is 228 g/mol. The SMILES string of the molecule is CC(NC1CCCN(C)C1)c1c(O)cccc1O. The van der Waals surface area contributed by atoms with E-state index >= 15 is 0 Å². The third-order valence-corrected chi connectivity index (χ3v) is 3.60. The third kappa shape index (κ3) is 2.94. The zero-order chi connectivity index (χ0) is 13.1. The van der Waals surface area contributed by atoms with Gasteiger partial charge in [0, 0.05) is 18.6 Å². The molecule has 0 aliphatic carbocycles. The summed E-state index contributed by atoms with van der Waals surface area (Å²) >= 11 is 0. The third-order valence-electron chi connectivity index (χ3n) is 3.60. The standard InChI is InChI=1S/C14H22N2O2/c1-10(14-12(17)6-3-7-13(14)18)15-11-5-4-8-16(2)9-11/h3,6-7,10-11,15,17-18H,4-5,8-9H2,1-2H3. The van der Waals surface area contributed by atoms with Crippen molar-refractivity contribution in [3.05, 3.63) is 23.8 Å². The number of likely N-dealkylation sites (N-methyl/N-ethyl adjacent to an activating group) is 1. The lowest BCUT2D eigenvalue weighted by Gasteiger charge is -2.32. The number of phenolic OH excluding ortho intramolecular Hbond substituents is 2. The number of piperidine rings is 1. The van der Waals surface area contributed by atoms with Crippen LogP contribution in [0.5, 0.6) is 11.5 Å². The lowest BCUT2D eigenvalue weighted by atomic mass is 10.0. The maximum atomic E-state index is 9.83. The molecule has 100 valence electrons. The summed E-state index contributed by atoms with van der Waals surface area (Å²) in [6.45, 7) is 4.14. The molecule has 1 heterocycles. The highest BCUT2D eigenvalue weighted by Gasteiger charge is 2.22. The van der Waals surface area contributed by atoms with Crippen LogP contribution in [-0.4, -0.2) is 41.3 Å². The zero-order valence-electron chi connectivity index (χ0n) is 11.1. The summed E-state index contributed by atoms with van der Waals surface area (Å²) < 4.78 is 0. The Morgan fingerprint density at radius 1 is 1.33 bits per heavy atom. The highest BCUT2D eigenvalue weighted by molar-refractivity contribution is 5.44. The summed E-state index contributed by atoms with van der Waals surface area (Å²) in [6.07, 6.45) is 2.33. The van der Waals surface area contributed by atoms with Crippen LogP contribution in [0.2, 0.25) is 0 Å². The zero-order valence-corrected chi connectivity index (χ0v) is 11.1.